The Morgan fingerprint density at radius 3 is 2.42 bits per heavy atom. The van der Waals surface area contributed by atoms with Crippen molar-refractivity contribution in [1.29, 1.82) is 0 Å². The van der Waals surface area contributed by atoms with Crippen LogP contribution in [0.4, 0.5) is 5.69 Å². The van der Waals surface area contributed by atoms with Gasteiger partial charge in [-0.15, -0.1) is 12.6 Å². The quantitative estimate of drug-likeness (QED) is 0.360. The summed E-state index contributed by atoms with van der Waals surface area (Å²) in [5.74, 6) is 0. The molecule has 0 atom stereocenters. The molecule has 0 fully saturated rings. The molecule has 3 N–H and O–H groups in total. The van der Waals surface area contributed by atoms with Gasteiger partial charge in [-0.3, -0.25) is 4.55 Å². The number of nitrogen functional groups attached to an aromatic ring is 1. The molecule has 0 saturated heterocycles. The normalized spacial score (nSPS) is 11.5. The van der Waals surface area contributed by atoms with Gasteiger partial charge < -0.3 is 5.73 Å². The fourth-order valence-electron chi connectivity index (χ4n) is 0.747. The molecule has 0 saturated carbocycles. The second-order valence-corrected chi connectivity index (χ2v) is 4.01. The van der Waals surface area contributed by atoms with E-state index in [2.05, 4.69) is 12.6 Å². The zero-order valence-corrected chi connectivity index (χ0v) is 7.64. The van der Waals surface area contributed by atoms with Crippen molar-refractivity contribution >= 4 is 28.4 Å². The van der Waals surface area contributed by atoms with E-state index in [1.54, 1.807) is 0 Å². The van der Waals surface area contributed by atoms with E-state index in [1.807, 2.05) is 0 Å². The van der Waals surface area contributed by atoms with E-state index in [0.29, 0.717) is 0 Å². The Morgan fingerprint density at radius 1 is 1.42 bits per heavy atom. The van der Waals surface area contributed by atoms with Crippen LogP contribution < -0.4 is 5.73 Å². The fraction of sp³-hybridized carbons (Fsp3) is 0. The van der Waals surface area contributed by atoms with Crippen molar-refractivity contribution in [3.63, 3.8) is 0 Å². The summed E-state index contributed by atoms with van der Waals surface area (Å²) in [6.45, 7) is 0. The highest BCUT2D eigenvalue weighted by Crippen LogP contribution is 2.24. The number of hydrogen-bond acceptors (Lipinski definition) is 4. The molecule has 0 unspecified atom stereocenters. The molecule has 0 aliphatic heterocycles. The summed E-state index contributed by atoms with van der Waals surface area (Å²) < 4.78 is 30.0. The third-order valence-electron chi connectivity index (χ3n) is 1.31. The number of anilines is 1. The molecule has 0 bridgehead atoms. The van der Waals surface area contributed by atoms with Crippen molar-refractivity contribution in [3.05, 3.63) is 18.2 Å². The van der Waals surface area contributed by atoms with E-state index in [9.17, 15) is 8.42 Å². The Labute approximate surface area is 75.6 Å². The first-order valence-corrected chi connectivity index (χ1v) is 4.86. The van der Waals surface area contributed by atoms with E-state index in [4.69, 9.17) is 10.3 Å². The molecule has 1 aromatic carbocycles. The third kappa shape index (κ3) is 1.71. The van der Waals surface area contributed by atoms with Crippen molar-refractivity contribution < 1.29 is 13.0 Å². The van der Waals surface area contributed by atoms with E-state index in [0.717, 1.165) is 0 Å². The minimum Gasteiger partial charge on any atom is -0.398 e. The average molecular weight is 205 g/mol. The van der Waals surface area contributed by atoms with Gasteiger partial charge in [0.1, 0.15) is 4.90 Å². The second kappa shape index (κ2) is 2.96. The molecule has 0 aromatic heterocycles. The SMILES string of the molecule is Nc1cccc(S(=O)(=O)O)c1S. The van der Waals surface area contributed by atoms with Gasteiger partial charge >= 0.3 is 0 Å². The van der Waals surface area contributed by atoms with Crippen LogP contribution in [-0.4, -0.2) is 13.0 Å². The molecule has 0 aliphatic rings. The van der Waals surface area contributed by atoms with Crippen LogP contribution in [0.5, 0.6) is 0 Å². The topological polar surface area (TPSA) is 80.4 Å². The highest BCUT2D eigenvalue weighted by molar-refractivity contribution is 7.87. The number of nitrogens with two attached hydrogens (primary N) is 1. The van der Waals surface area contributed by atoms with Gasteiger partial charge in [0.05, 0.1) is 0 Å². The summed E-state index contributed by atoms with van der Waals surface area (Å²) in [5, 5.41) is 0. The van der Waals surface area contributed by atoms with Crippen molar-refractivity contribution in [3.8, 4) is 0 Å². The zero-order chi connectivity index (χ0) is 9.35. The Hall–Kier alpha value is -0.720. The number of rotatable bonds is 1. The lowest BCUT2D eigenvalue weighted by Gasteiger charge is -2.02. The van der Waals surface area contributed by atoms with E-state index in [1.165, 1.54) is 18.2 Å². The molecule has 0 radical (unpaired) electrons. The van der Waals surface area contributed by atoms with Gasteiger partial charge in [0, 0.05) is 10.6 Å². The summed E-state index contributed by atoms with van der Waals surface area (Å²) in [6.07, 6.45) is 0. The standard InChI is InChI=1S/C6H7NO3S2/c7-4-2-1-3-5(6(4)11)12(8,9)10/h1-3,11H,7H2,(H,8,9,10). The van der Waals surface area contributed by atoms with Gasteiger partial charge in [-0.1, -0.05) is 6.07 Å². The molecule has 12 heavy (non-hydrogen) atoms. The number of thiol groups is 1. The largest absolute Gasteiger partial charge is 0.398 e. The Balaban J connectivity index is 3.47. The van der Waals surface area contributed by atoms with Crippen molar-refractivity contribution in [2.24, 2.45) is 0 Å². The number of hydrogen-bond donors (Lipinski definition) is 3. The molecule has 0 spiro atoms. The Kier molecular flexibility index (Phi) is 2.31. The lowest BCUT2D eigenvalue weighted by Crippen LogP contribution is -2.01. The predicted octanol–water partition coefficient (Wildman–Crippen LogP) is 0.804. The predicted molar refractivity (Wildman–Crippen MR) is 47.9 cm³/mol. The first kappa shape index (κ1) is 9.37. The summed E-state index contributed by atoms with van der Waals surface area (Å²) in [6, 6.07) is 4.16. The molecule has 0 aliphatic carbocycles. The van der Waals surface area contributed by atoms with Crippen LogP contribution in [0.25, 0.3) is 0 Å². The Bertz CT molecular complexity index is 399. The Morgan fingerprint density at radius 2 is 2.00 bits per heavy atom. The van der Waals surface area contributed by atoms with Crippen LogP contribution in [0.1, 0.15) is 0 Å². The second-order valence-electron chi connectivity index (χ2n) is 2.17. The van der Waals surface area contributed by atoms with Crippen molar-refractivity contribution in [2.75, 3.05) is 5.73 Å². The molecular weight excluding hydrogens is 198 g/mol. The average Bonchev–Trinajstić information content (AvgIpc) is 1.92. The zero-order valence-electron chi connectivity index (χ0n) is 5.93. The summed E-state index contributed by atoms with van der Waals surface area (Å²) >= 11 is 3.84. The van der Waals surface area contributed by atoms with E-state index >= 15 is 0 Å². The van der Waals surface area contributed by atoms with Crippen LogP contribution in [0.3, 0.4) is 0 Å². The molecule has 0 heterocycles. The fourth-order valence-corrected chi connectivity index (χ4v) is 1.86. The molecule has 1 aromatic rings. The monoisotopic (exact) mass is 205 g/mol. The van der Waals surface area contributed by atoms with Gasteiger partial charge in [-0.05, 0) is 12.1 Å². The van der Waals surface area contributed by atoms with Crippen molar-refractivity contribution in [2.45, 2.75) is 9.79 Å². The van der Waals surface area contributed by atoms with Gasteiger partial charge in [0.15, 0.2) is 0 Å². The minimum atomic E-state index is -4.21. The maximum atomic E-state index is 10.7. The van der Waals surface area contributed by atoms with Crippen LogP contribution in [0.15, 0.2) is 28.0 Å². The molecule has 1 rings (SSSR count). The van der Waals surface area contributed by atoms with Gasteiger partial charge in [0.25, 0.3) is 10.1 Å². The third-order valence-corrected chi connectivity index (χ3v) is 2.85. The smallest absolute Gasteiger partial charge is 0.295 e. The molecule has 0 amide bonds. The summed E-state index contributed by atoms with van der Waals surface area (Å²) in [5.41, 5.74) is 5.58. The lowest BCUT2D eigenvalue weighted by molar-refractivity contribution is 0.481. The summed E-state index contributed by atoms with van der Waals surface area (Å²) in [4.78, 5) is -0.203. The maximum Gasteiger partial charge on any atom is 0.295 e. The lowest BCUT2D eigenvalue weighted by atomic mass is 10.3. The first-order valence-electron chi connectivity index (χ1n) is 2.98. The summed E-state index contributed by atoms with van der Waals surface area (Å²) in [7, 11) is -4.21. The van der Waals surface area contributed by atoms with Crippen LogP contribution >= 0.6 is 12.6 Å². The van der Waals surface area contributed by atoms with Crippen LogP contribution in [-0.2, 0) is 10.1 Å². The molecular formula is C6H7NO3S2. The van der Waals surface area contributed by atoms with Gasteiger partial charge in [-0.25, -0.2) is 0 Å². The highest BCUT2D eigenvalue weighted by Gasteiger charge is 2.14. The number of benzene rings is 1. The minimum absolute atomic E-state index is 0.0694. The van der Waals surface area contributed by atoms with Gasteiger partial charge in [0.2, 0.25) is 0 Å². The van der Waals surface area contributed by atoms with E-state index < -0.39 is 10.1 Å². The van der Waals surface area contributed by atoms with Gasteiger partial charge in [-0.2, -0.15) is 8.42 Å². The first-order chi connectivity index (χ1) is 5.43. The molecule has 4 nitrogen and oxygen atoms in total. The van der Waals surface area contributed by atoms with Crippen molar-refractivity contribution in [1.82, 2.24) is 0 Å². The molecule has 66 valence electrons. The van der Waals surface area contributed by atoms with Crippen LogP contribution in [0, 0.1) is 0 Å². The van der Waals surface area contributed by atoms with E-state index in [-0.39, 0.29) is 15.5 Å². The highest BCUT2D eigenvalue weighted by atomic mass is 32.2. The van der Waals surface area contributed by atoms with Crippen LogP contribution in [0.2, 0.25) is 0 Å². The molecule has 6 heteroatoms. The maximum absolute atomic E-state index is 10.7.